The van der Waals surface area contributed by atoms with Gasteiger partial charge < -0.3 is 20.4 Å². The number of hydrogen-bond donors (Lipinski definition) is 4. The summed E-state index contributed by atoms with van der Waals surface area (Å²) in [5, 5.41) is 41.9. The molecule has 3 rings (SSSR count). The summed E-state index contributed by atoms with van der Waals surface area (Å²) < 4.78 is 0. The molecule has 0 radical (unpaired) electrons. The Morgan fingerprint density at radius 3 is 2.61 bits per heavy atom. The average Bonchev–Trinajstić information content (AvgIpc) is 3.06. The van der Waals surface area contributed by atoms with E-state index in [2.05, 4.69) is 25.7 Å². The zero-order valence-corrected chi connectivity index (χ0v) is 20.0. The number of aliphatic hydroxyl groups excluding tert-OH is 3. The predicted molar refractivity (Wildman–Crippen MR) is 125 cm³/mol. The first-order valence-electron chi connectivity index (χ1n) is 12.3. The maximum absolute atomic E-state index is 11.5. The quantitative estimate of drug-likeness (QED) is 0.491. The van der Waals surface area contributed by atoms with Crippen molar-refractivity contribution in [3.63, 3.8) is 0 Å². The number of fused-ring (bicyclic) bond motifs is 1. The molecule has 4 nitrogen and oxygen atoms in total. The standard InChI is InChI=1S/C27H44O4/c1-17(2)23(29)12-14-27(5,31)25-11-10-22-19(7-6-13-26(22,25)4)8-9-20-15-21(28)16-24(30)18(20)3/h8-9,17,21-25,28-31H,3,6-7,10-16H2,1-2,4-5H3/b19-8+,20-9-/t21-,22+,23?,24+,25+,26+,27+/m1/s1. The van der Waals surface area contributed by atoms with E-state index in [4.69, 9.17) is 0 Å². The van der Waals surface area contributed by atoms with Crippen molar-refractivity contribution in [2.24, 2.45) is 23.2 Å². The molecule has 0 amide bonds. The average molecular weight is 433 g/mol. The summed E-state index contributed by atoms with van der Waals surface area (Å²) in [6.45, 7) is 12.4. The lowest BCUT2D eigenvalue weighted by atomic mass is 9.59. The van der Waals surface area contributed by atoms with Gasteiger partial charge in [-0.05, 0) is 92.6 Å². The topological polar surface area (TPSA) is 80.9 Å². The van der Waals surface area contributed by atoms with Crippen molar-refractivity contribution in [2.45, 2.75) is 109 Å². The van der Waals surface area contributed by atoms with Gasteiger partial charge in [0.25, 0.3) is 0 Å². The fourth-order valence-corrected chi connectivity index (χ4v) is 6.67. The minimum Gasteiger partial charge on any atom is -0.393 e. The fourth-order valence-electron chi connectivity index (χ4n) is 6.67. The van der Waals surface area contributed by atoms with E-state index in [-0.39, 0.29) is 23.4 Å². The highest BCUT2D eigenvalue weighted by Gasteiger charge is 2.54. The van der Waals surface area contributed by atoms with E-state index in [1.54, 1.807) is 0 Å². The van der Waals surface area contributed by atoms with Crippen LogP contribution >= 0.6 is 0 Å². The summed E-state index contributed by atoms with van der Waals surface area (Å²) in [4.78, 5) is 0. The third-order valence-corrected chi connectivity index (χ3v) is 8.70. The van der Waals surface area contributed by atoms with Crippen LogP contribution in [0.2, 0.25) is 0 Å². The van der Waals surface area contributed by atoms with E-state index in [1.807, 2.05) is 20.8 Å². The highest BCUT2D eigenvalue weighted by Crippen LogP contribution is 2.60. The van der Waals surface area contributed by atoms with Crippen molar-refractivity contribution in [1.29, 1.82) is 0 Å². The van der Waals surface area contributed by atoms with Crippen molar-refractivity contribution in [3.8, 4) is 0 Å². The molecule has 3 fully saturated rings. The van der Waals surface area contributed by atoms with E-state index in [1.165, 1.54) is 5.57 Å². The van der Waals surface area contributed by atoms with E-state index in [0.717, 1.165) is 43.3 Å². The Labute approximate surface area is 188 Å². The molecule has 0 heterocycles. The Morgan fingerprint density at radius 2 is 1.94 bits per heavy atom. The maximum Gasteiger partial charge on any atom is 0.0811 e. The molecule has 0 aromatic carbocycles. The van der Waals surface area contributed by atoms with Crippen LogP contribution in [0.1, 0.15) is 85.5 Å². The summed E-state index contributed by atoms with van der Waals surface area (Å²) >= 11 is 0. The van der Waals surface area contributed by atoms with E-state index < -0.39 is 17.8 Å². The van der Waals surface area contributed by atoms with Crippen LogP contribution in [-0.2, 0) is 0 Å². The van der Waals surface area contributed by atoms with Gasteiger partial charge in [-0.3, -0.25) is 0 Å². The Morgan fingerprint density at radius 1 is 1.23 bits per heavy atom. The lowest BCUT2D eigenvalue weighted by Gasteiger charge is -2.47. The molecular formula is C27H44O4. The summed E-state index contributed by atoms with van der Waals surface area (Å²) in [6.07, 6.45) is 10.4. The summed E-state index contributed by atoms with van der Waals surface area (Å²) in [5.74, 6) is 0.900. The van der Waals surface area contributed by atoms with Crippen molar-refractivity contribution < 1.29 is 20.4 Å². The Kier molecular flexibility index (Phi) is 7.57. The number of hydrogen-bond acceptors (Lipinski definition) is 4. The minimum atomic E-state index is -0.772. The van der Waals surface area contributed by atoms with Crippen LogP contribution in [0.5, 0.6) is 0 Å². The summed E-state index contributed by atoms with van der Waals surface area (Å²) in [6, 6.07) is 0. The third kappa shape index (κ3) is 5.19. The molecule has 3 aliphatic rings. The van der Waals surface area contributed by atoms with Crippen LogP contribution in [0.3, 0.4) is 0 Å². The van der Waals surface area contributed by atoms with Gasteiger partial charge in [0, 0.05) is 6.42 Å². The highest BCUT2D eigenvalue weighted by atomic mass is 16.3. The fraction of sp³-hybridized carbons (Fsp3) is 0.778. The van der Waals surface area contributed by atoms with Gasteiger partial charge in [0.2, 0.25) is 0 Å². The van der Waals surface area contributed by atoms with Crippen LogP contribution in [0.25, 0.3) is 0 Å². The van der Waals surface area contributed by atoms with Crippen LogP contribution < -0.4 is 0 Å². The lowest BCUT2D eigenvalue weighted by molar-refractivity contribution is -0.0722. The molecule has 0 spiro atoms. The zero-order valence-electron chi connectivity index (χ0n) is 20.0. The number of allylic oxidation sites excluding steroid dienone is 3. The number of rotatable bonds is 6. The second-order valence-corrected chi connectivity index (χ2v) is 11.3. The normalized spacial score (nSPS) is 39.7. The lowest BCUT2D eigenvalue weighted by Crippen LogP contribution is -2.45. The maximum atomic E-state index is 11.5. The molecule has 4 heteroatoms. The Hall–Kier alpha value is -0.940. The second kappa shape index (κ2) is 9.51. The Balaban J connectivity index is 1.77. The van der Waals surface area contributed by atoms with Gasteiger partial charge in [0.1, 0.15) is 0 Å². The number of aliphatic hydroxyl groups is 4. The van der Waals surface area contributed by atoms with Crippen molar-refractivity contribution >= 4 is 0 Å². The van der Waals surface area contributed by atoms with Crippen molar-refractivity contribution in [2.75, 3.05) is 0 Å². The summed E-state index contributed by atoms with van der Waals surface area (Å²) in [5.41, 5.74) is 2.42. The van der Waals surface area contributed by atoms with Crippen LogP contribution in [0.15, 0.2) is 35.5 Å². The zero-order chi connectivity index (χ0) is 23.0. The molecule has 1 unspecified atom stereocenters. The molecule has 0 aromatic rings. The molecule has 0 saturated heterocycles. The van der Waals surface area contributed by atoms with Crippen LogP contribution in [0, 0.1) is 23.2 Å². The Bertz CT molecular complexity index is 719. The van der Waals surface area contributed by atoms with Crippen LogP contribution in [-0.4, -0.2) is 44.3 Å². The van der Waals surface area contributed by atoms with Gasteiger partial charge in [-0.2, -0.15) is 0 Å². The highest BCUT2D eigenvalue weighted by molar-refractivity contribution is 5.38. The summed E-state index contributed by atoms with van der Waals surface area (Å²) in [7, 11) is 0. The van der Waals surface area contributed by atoms with Gasteiger partial charge in [0.05, 0.1) is 23.9 Å². The van der Waals surface area contributed by atoms with Crippen molar-refractivity contribution in [1.82, 2.24) is 0 Å². The SMILES string of the molecule is C=C1/C(=C\C=C2/CCC[C@@]3(C)[C@H]2CC[C@@H]3[C@@](C)(O)CCC(O)C(C)C)C[C@@H](O)C[C@@H]1O. The van der Waals surface area contributed by atoms with Gasteiger partial charge in [-0.1, -0.05) is 45.1 Å². The van der Waals surface area contributed by atoms with Crippen LogP contribution in [0.4, 0.5) is 0 Å². The second-order valence-electron chi connectivity index (χ2n) is 11.3. The monoisotopic (exact) mass is 432 g/mol. The molecule has 0 aromatic heterocycles. The first kappa shape index (κ1) is 24.7. The van der Waals surface area contributed by atoms with E-state index >= 15 is 0 Å². The molecule has 0 aliphatic heterocycles. The predicted octanol–water partition coefficient (Wildman–Crippen LogP) is 4.68. The van der Waals surface area contributed by atoms with Gasteiger partial charge >= 0.3 is 0 Å². The first-order valence-corrected chi connectivity index (χ1v) is 12.3. The molecule has 7 atom stereocenters. The van der Waals surface area contributed by atoms with E-state index in [9.17, 15) is 20.4 Å². The molecule has 3 saturated carbocycles. The van der Waals surface area contributed by atoms with Crippen molar-refractivity contribution in [3.05, 3.63) is 35.5 Å². The van der Waals surface area contributed by atoms with Gasteiger partial charge in [0.15, 0.2) is 0 Å². The molecular weight excluding hydrogens is 388 g/mol. The smallest absolute Gasteiger partial charge is 0.0811 e. The molecule has 3 aliphatic carbocycles. The molecule has 4 N–H and O–H groups in total. The third-order valence-electron chi connectivity index (χ3n) is 8.70. The molecule has 176 valence electrons. The molecule has 0 bridgehead atoms. The molecule has 31 heavy (non-hydrogen) atoms. The first-order chi connectivity index (χ1) is 14.5. The van der Waals surface area contributed by atoms with Gasteiger partial charge in [-0.25, -0.2) is 0 Å². The minimum absolute atomic E-state index is 0.0669. The van der Waals surface area contributed by atoms with E-state index in [0.29, 0.717) is 31.6 Å². The largest absolute Gasteiger partial charge is 0.393 e. The van der Waals surface area contributed by atoms with Gasteiger partial charge in [-0.15, -0.1) is 0 Å².